The molecule has 0 spiro atoms. The second-order valence-electron chi connectivity index (χ2n) is 5.99. The van der Waals surface area contributed by atoms with Crippen LogP contribution in [-0.4, -0.2) is 22.5 Å². The molecular formula is C20H21N3O2. The minimum Gasteiger partial charge on any atom is -0.360 e. The topological polar surface area (TPSA) is 58.4 Å². The van der Waals surface area contributed by atoms with E-state index in [0.717, 1.165) is 0 Å². The van der Waals surface area contributed by atoms with Crippen molar-refractivity contribution in [3.63, 3.8) is 0 Å². The number of carbonyl (C=O) groups excluding carboxylic acids is 1. The van der Waals surface area contributed by atoms with Crippen molar-refractivity contribution in [1.29, 1.82) is 0 Å². The van der Waals surface area contributed by atoms with Crippen molar-refractivity contribution < 1.29 is 9.32 Å². The Morgan fingerprint density at radius 1 is 1.00 bits per heavy atom. The molecule has 0 atom stereocenters. The summed E-state index contributed by atoms with van der Waals surface area (Å²) in [6, 6.07) is 22.0. The molecule has 0 saturated carbocycles. The predicted molar refractivity (Wildman–Crippen MR) is 96.9 cm³/mol. The van der Waals surface area contributed by atoms with Gasteiger partial charge in [-0.3, -0.25) is 9.69 Å². The Hall–Kier alpha value is -2.92. The molecule has 3 aromatic rings. The van der Waals surface area contributed by atoms with Gasteiger partial charge in [-0.15, -0.1) is 0 Å². The third-order valence-electron chi connectivity index (χ3n) is 3.76. The maximum absolute atomic E-state index is 12.4. The number of aromatic nitrogens is 1. The third-order valence-corrected chi connectivity index (χ3v) is 3.76. The Morgan fingerprint density at radius 2 is 1.56 bits per heavy atom. The zero-order valence-corrected chi connectivity index (χ0v) is 14.2. The van der Waals surface area contributed by atoms with Gasteiger partial charge in [-0.1, -0.05) is 65.8 Å². The molecule has 2 aromatic carbocycles. The summed E-state index contributed by atoms with van der Waals surface area (Å²) in [5.41, 5.74) is 2.34. The van der Waals surface area contributed by atoms with Gasteiger partial charge in [0.2, 0.25) is 5.91 Å². The number of amides is 1. The number of aryl methyl sites for hydroxylation is 1. The molecule has 25 heavy (non-hydrogen) atoms. The second-order valence-corrected chi connectivity index (χ2v) is 5.99. The van der Waals surface area contributed by atoms with E-state index in [1.807, 2.05) is 36.4 Å². The SMILES string of the molecule is Cc1cc(NC(=O)CN(Cc2ccccc2)Cc2ccccc2)no1. The zero-order valence-electron chi connectivity index (χ0n) is 14.2. The summed E-state index contributed by atoms with van der Waals surface area (Å²) in [6.07, 6.45) is 0. The van der Waals surface area contributed by atoms with E-state index in [1.165, 1.54) is 11.1 Å². The molecular weight excluding hydrogens is 314 g/mol. The number of nitrogens with one attached hydrogen (secondary N) is 1. The van der Waals surface area contributed by atoms with Crippen LogP contribution in [0.4, 0.5) is 5.82 Å². The smallest absolute Gasteiger partial charge is 0.239 e. The molecule has 0 aliphatic carbocycles. The summed E-state index contributed by atoms with van der Waals surface area (Å²) in [4.78, 5) is 14.5. The Morgan fingerprint density at radius 3 is 2.04 bits per heavy atom. The molecule has 0 unspecified atom stereocenters. The summed E-state index contributed by atoms with van der Waals surface area (Å²) < 4.78 is 4.98. The molecule has 0 radical (unpaired) electrons. The van der Waals surface area contributed by atoms with Gasteiger partial charge in [0.1, 0.15) is 5.76 Å². The Kier molecular flexibility index (Phi) is 5.59. The molecule has 3 rings (SSSR count). The Balaban J connectivity index is 1.67. The maximum Gasteiger partial charge on any atom is 0.239 e. The first-order valence-corrected chi connectivity index (χ1v) is 8.22. The molecule has 0 aliphatic heterocycles. The molecule has 0 aliphatic rings. The third kappa shape index (κ3) is 5.29. The van der Waals surface area contributed by atoms with E-state index >= 15 is 0 Å². The van der Waals surface area contributed by atoms with Crippen LogP contribution in [0.3, 0.4) is 0 Å². The van der Waals surface area contributed by atoms with E-state index in [0.29, 0.717) is 24.7 Å². The van der Waals surface area contributed by atoms with Crippen LogP contribution in [0.15, 0.2) is 71.3 Å². The number of benzene rings is 2. The highest BCUT2D eigenvalue weighted by atomic mass is 16.5. The van der Waals surface area contributed by atoms with Gasteiger partial charge in [-0.05, 0) is 18.1 Å². The molecule has 0 bridgehead atoms. The van der Waals surface area contributed by atoms with Gasteiger partial charge in [0, 0.05) is 19.2 Å². The van der Waals surface area contributed by atoms with Crippen LogP contribution in [0.5, 0.6) is 0 Å². The van der Waals surface area contributed by atoms with Gasteiger partial charge in [0.05, 0.1) is 6.54 Å². The summed E-state index contributed by atoms with van der Waals surface area (Å²) in [5.74, 6) is 1.00. The van der Waals surface area contributed by atoms with E-state index in [2.05, 4.69) is 39.6 Å². The number of rotatable bonds is 7. The van der Waals surface area contributed by atoms with E-state index in [1.54, 1.807) is 13.0 Å². The predicted octanol–water partition coefficient (Wildman–Crippen LogP) is 3.62. The molecule has 5 nitrogen and oxygen atoms in total. The molecule has 1 amide bonds. The van der Waals surface area contributed by atoms with E-state index < -0.39 is 0 Å². The van der Waals surface area contributed by atoms with Crippen LogP contribution < -0.4 is 5.32 Å². The van der Waals surface area contributed by atoms with E-state index in [-0.39, 0.29) is 12.5 Å². The lowest BCUT2D eigenvalue weighted by Gasteiger charge is -2.22. The minimum atomic E-state index is -0.111. The first kappa shape index (κ1) is 16.9. The highest BCUT2D eigenvalue weighted by molar-refractivity contribution is 5.91. The molecule has 0 saturated heterocycles. The fraction of sp³-hybridized carbons (Fsp3) is 0.200. The fourth-order valence-electron chi connectivity index (χ4n) is 2.66. The minimum absolute atomic E-state index is 0.111. The lowest BCUT2D eigenvalue weighted by molar-refractivity contribution is -0.117. The highest BCUT2D eigenvalue weighted by Gasteiger charge is 2.13. The van der Waals surface area contributed by atoms with Gasteiger partial charge < -0.3 is 9.84 Å². The van der Waals surface area contributed by atoms with Gasteiger partial charge in [-0.2, -0.15) is 0 Å². The highest BCUT2D eigenvalue weighted by Crippen LogP contribution is 2.11. The first-order chi connectivity index (χ1) is 12.2. The average molecular weight is 335 g/mol. The van der Waals surface area contributed by atoms with Gasteiger partial charge in [-0.25, -0.2) is 0 Å². The van der Waals surface area contributed by atoms with Gasteiger partial charge in [0.15, 0.2) is 5.82 Å². The van der Waals surface area contributed by atoms with Crippen LogP contribution >= 0.6 is 0 Å². The summed E-state index contributed by atoms with van der Waals surface area (Å²) >= 11 is 0. The molecule has 0 fully saturated rings. The van der Waals surface area contributed by atoms with Crippen molar-refractivity contribution in [1.82, 2.24) is 10.1 Å². The number of nitrogens with zero attached hydrogens (tertiary/aromatic N) is 2. The molecule has 1 aromatic heterocycles. The Bertz CT molecular complexity index is 759. The molecule has 1 heterocycles. The van der Waals surface area contributed by atoms with Crippen molar-refractivity contribution in [2.45, 2.75) is 20.0 Å². The zero-order chi connectivity index (χ0) is 17.5. The van der Waals surface area contributed by atoms with Gasteiger partial charge in [0.25, 0.3) is 0 Å². The Labute approximate surface area is 147 Å². The molecule has 128 valence electrons. The van der Waals surface area contributed by atoms with Crippen molar-refractivity contribution >= 4 is 11.7 Å². The molecule has 1 N–H and O–H groups in total. The normalized spacial score (nSPS) is 10.8. The van der Waals surface area contributed by atoms with Crippen molar-refractivity contribution in [3.8, 4) is 0 Å². The summed E-state index contributed by atoms with van der Waals surface area (Å²) in [5, 5.41) is 6.58. The molecule has 5 heteroatoms. The maximum atomic E-state index is 12.4. The van der Waals surface area contributed by atoms with Crippen LogP contribution in [0, 0.1) is 6.92 Å². The van der Waals surface area contributed by atoms with Gasteiger partial charge >= 0.3 is 0 Å². The van der Waals surface area contributed by atoms with Crippen LogP contribution in [0.1, 0.15) is 16.9 Å². The summed E-state index contributed by atoms with van der Waals surface area (Å²) in [7, 11) is 0. The number of anilines is 1. The summed E-state index contributed by atoms with van der Waals surface area (Å²) in [6.45, 7) is 3.46. The monoisotopic (exact) mass is 335 g/mol. The number of hydrogen-bond acceptors (Lipinski definition) is 4. The lowest BCUT2D eigenvalue weighted by atomic mass is 10.1. The van der Waals surface area contributed by atoms with E-state index in [4.69, 9.17) is 4.52 Å². The lowest BCUT2D eigenvalue weighted by Crippen LogP contribution is -2.32. The number of hydrogen-bond donors (Lipinski definition) is 1. The largest absolute Gasteiger partial charge is 0.360 e. The van der Waals surface area contributed by atoms with Crippen LogP contribution in [0.2, 0.25) is 0 Å². The van der Waals surface area contributed by atoms with E-state index in [9.17, 15) is 4.79 Å². The van der Waals surface area contributed by atoms with Crippen LogP contribution in [-0.2, 0) is 17.9 Å². The van der Waals surface area contributed by atoms with Crippen molar-refractivity contribution in [3.05, 3.63) is 83.6 Å². The fourth-order valence-corrected chi connectivity index (χ4v) is 2.66. The van der Waals surface area contributed by atoms with Crippen molar-refractivity contribution in [2.75, 3.05) is 11.9 Å². The quantitative estimate of drug-likeness (QED) is 0.716. The standard InChI is InChI=1S/C20H21N3O2/c1-16-12-19(22-25-16)21-20(24)15-23(13-17-8-4-2-5-9-17)14-18-10-6-3-7-11-18/h2-12H,13-15H2,1H3,(H,21,22,24). The van der Waals surface area contributed by atoms with Crippen molar-refractivity contribution in [2.24, 2.45) is 0 Å². The van der Waals surface area contributed by atoms with Crippen LogP contribution in [0.25, 0.3) is 0 Å². The number of carbonyl (C=O) groups is 1. The average Bonchev–Trinajstić information content (AvgIpc) is 3.01. The first-order valence-electron chi connectivity index (χ1n) is 8.22. The second kappa shape index (κ2) is 8.26.